The second-order valence-corrected chi connectivity index (χ2v) is 5.52. The average molecular weight is 276 g/mol. The highest BCUT2D eigenvalue weighted by Crippen LogP contribution is 2.33. The Balaban J connectivity index is 2.24. The number of aromatic nitrogens is 1. The summed E-state index contributed by atoms with van der Waals surface area (Å²) in [6, 6.07) is 5.90. The number of carbonyl (C=O) groups is 1. The molecular weight excluding hydrogens is 252 g/mol. The molecule has 4 heteroatoms. The summed E-state index contributed by atoms with van der Waals surface area (Å²) in [6.07, 6.45) is 5.80. The van der Waals surface area contributed by atoms with E-state index in [-0.39, 0.29) is 11.5 Å². The number of esters is 1. The summed E-state index contributed by atoms with van der Waals surface area (Å²) in [7, 11) is 0. The SMILES string of the molecule is CCOC(=O)CC(C)(c1ccccn1)N1CCCCC1. The zero-order valence-corrected chi connectivity index (χ0v) is 12.5. The van der Waals surface area contributed by atoms with Crippen LogP contribution in [0.3, 0.4) is 0 Å². The molecule has 1 aromatic rings. The number of likely N-dealkylation sites (tertiary alicyclic amines) is 1. The molecule has 4 nitrogen and oxygen atoms in total. The predicted molar refractivity (Wildman–Crippen MR) is 78.3 cm³/mol. The van der Waals surface area contributed by atoms with Gasteiger partial charge in [0.2, 0.25) is 0 Å². The van der Waals surface area contributed by atoms with Gasteiger partial charge in [0.15, 0.2) is 0 Å². The normalized spacial score (nSPS) is 19.3. The van der Waals surface area contributed by atoms with Crippen LogP contribution in [0, 0.1) is 0 Å². The molecule has 0 aromatic carbocycles. The van der Waals surface area contributed by atoms with Gasteiger partial charge >= 0.3 is 5.97 Å². The molecule has 110 valence electrons. The first-order chi connectivity index (χ1) is 9.66. The predicted octanol–water partition coefficient (Wildman–Crippen LogP) is 2.74. The maximum absolute atomic E-state index is 12.0. The molecule has 1 aromatic heterocycles. The van der Waals surface area contributed by atoms with Crippen molar-refractivity contribution in [1.29, 1.82) is 0 Å². The van der Waals surface area contributed by atoms with Gasteiger partial charge in [-0.15, -0.1) is 0 Å². The third-order valence-corrected chi connectivity index (χ3v) is 4.06. The van der Waals surface area contributed by atoms with Crippen molar-refractivity contribution in [2.45, 2.75) is 45.1 Å². The van der Waals surface area contributed by atoms with Crippen LogP contribution in [-0.4, -0.2) is 35.5 Å². The highest BCUT2D eigenvalue weighted by molar-refractivity contribution is 5.71. The van der Waals surface area contributed by atoms with Crippen LogP contribution in [0.15, 0.2) is 24.4 Å². The zero-order chi connectivity index (χ0) is 14.4. The van der Waals surface area contributed by atoms with Crippen molar-refractivity contribution in [3.05, 3.63) is 30.1 Å². The van der Waals surface area contributed by atoms with E-state index in [9.17, 15) is 4.79 Å². The molecular formula is C16H24N2O2. The largest absolute Gasteiger partial charge is 0.466 e. The summed E-state index contributed by atoms with van der Waals surface area (Å²) in [5.74, 6) is -0.147. The van der Waals surface area contributed by atoms with Gasteiger partial charge in [-0.2, -0.15) is 0 Å². The number of carbonyl (C=O) groups excluding carboxylic acids is 1. The lowest BCUT2D eigenvalue weighted by molar-refractivity contribution is -0.147. The maximum Gasteiger partial charge on any atom is 0.308 e. The number of rotatable bonds is 5. The van der Waals surface area contributed by atoms with E-state index in [1.54, 1.807) is 6.20 Å². The maximum atomic E-state index is 12.0. The summed E-state index contributed by atoms with van der Waals surface area (Å²) < 4.78 is 5.16. The Kier molecular flexibility index (Phi) is 5.12. The van der Waals surface area contributed by atoms with Crippen molar-refractivity contribution in [3.8, 4) is 0 Å². The van der Waals surface area contributed by atoms with Gasteiger partial charge in [-0.05, 0) is 51.9 Å². The first-order valence-electron chi connectivity index (χ1n) is 7.49. The molecule has 0 bridgehead atoms. The second-order valence-electron chi connectivity index (χ2n) is 5.52. The Morgan fingerprint density at radius 1 is 1.35 bits per heavy atom. The lowest BCUT2D eigenvalue weighted by atomic mass is 9.88. The molecule has 1 aliphatic rings. The fourth-order valence-electron chi connectivity index (χ4n) is 2.93. The molecule has 0 amide bonds. The van der Waals surface area contributed by atoms with Crippen molar-refractivity contribution in [2.24, 2.45) is 0 Å². The highest BCUT2D eigenvalue weighted by Gasteiger charge is 2.38. The van der Waals surface area contributed by atoms with E-state index >= 15 is 0 Å². The minimum atomic E-state index is -0.367. The van der Waals surface area contributed by atoms with Gasteiger partial charge in [-0.1, -0.05) is 12.5 Å². The summed E-state index contributed by atoms with van der Waals surface area (Å²) in [5, 5.41) is 0. The summed E-state index contributed by atoms with van der Waals surface area (Å²) in [5.41, 5.74) is 0.587. The third-order valence-electron chi connectivity index (χ3n) is 4.06. The van der Waals surface area contributed by atoms with E-state index in [1.165, 1.54) is 19.3 Å². The molecule has 1 unspecified atom stereocenters. The van der Waals surface area contributed by atoms with Crippen LogP contribution >= 0.6 is 0 Å². The Morgan fingerprint density at radius 2 is 2.10 bits per heavy atom. The molecule has 1 saturated heterocycles. The molecule has 1 aliphatic heterocycles. The third kappa shape index (κ3) is 3.37. The van der Waals surface area contributed by atoms with Crippen LogP contribution in [0.5, 0.6) is 0 Å². The molecule has 0 spiro atoms. The van der Waals surface area contributed by atoms with Gasteiger partial charge in [0.05, 0.1) is 24.3 Å². The van der Waals surface area contributed by atoms with E-state index in [2.05, 4.69) is 16.8 Å². The van der Waals surface area contributed by atoms with Gasteiger partial charge in [-0.3, -0.25) is 14.7 Å². The molecule has 1 fully saturated rings. The molecule has 20 heavy (non-hydrogen) atoms. The van der Waals surface area contributed by atoms with Crippen LogP contribution in [0.2, 0.25) is 0 Å². The molecule has 0 N–H and O–H groups in total. The molecule has 0 radical (unpaired) electrons. The van der Waals surface area contributed by atoms with E-state index in [4.69, 9.17) is 4.74 Å². The van der Waals surface area contributed by atoms with Crippen molar-refractivity contribution in [3.63, 3.8) is 0 Å². The molecule has 0 saturated carbocycles. The van der Waals surface area contributed by atoms with Gasteiger partial charge in [0, 0.05) is 6.20 Å². The lowest BCUT2D eigenvalue weighted by Gasteiger charge is -2.42. The van der Waals surface area contributed by atoms with Gasteiger partial charge < -0.3 is 4.74 Å². The van der Waals surface area contributed by atoms with E-state index in [0.29, 0.717) is 13.0 Å². The number of pyridine rings is 1. The van der Waals surface area contributed by atoms with E-state index < -0.39 is 0 Å². The monoisotopic (exact) mass is 276 g/mol. The van der Waals surface area contributed by atoms with Gasteiger partial charge in [0.25, 0.3) is 0 Å². The van der Waals surface area contributed by atoms with Crippen molar-refractivity contribution in [2.75, 3.05) is 19.7 Å². The minimum absolute atomic E-state index is 0.147. The highest BCUT2D eigenvalue weighted by atomic mass is 16.5. The number of hydrogen-bond donors (Lipinski definition) is 0. The van der Waals surface area contributed by atoms with Crippen molar-refractivity contribution in [1.82, 2.24) is 9.88 Å². The summed E-state index contributed by atoms with van der Waals surface area (Å²) in [4.78, 5) is 18.9. The Bertz CT molecular complexity index is 429. The summed E-state index contributed by atoms with van der Waals surface area (Å²) >= 11 is 0. The van der Waals surface area contributed by atoms with Crippen molar-refractivity contribution < 1.29 is 9.53 Å². The standard InChI is InChI=1S/C16H24N2O2/c1-3-20-15(19)13-16(2,14-9-5-6-10-17-14)18-11-7-4-8-12-18/h5-6,9-10H,3-4,7-8,11-13H2,1-2H3. The summed E-state index contributed by atoms with van der Waals surface area (Å²) in [6.45, 7) is 6.42. The molecule has 0 aliphatic carbocycles. The Morgan fingerprint density at radius 3 is 2.70 bits per heavy atom. The number of nitrogens with zero attached hydrogens (tertiary/aromatic N) is 2. The molecule has 2 rings (SSSR count). The number of hydrogen-bond acceptors (Lipinski definition) is 4. The molecule has 2 heterocycles. The average Bonchev–Trinajstić information content (AvgIpc) is 2.49. The van der Waals surface area contributed by atoms with Crippen LogP contribution < -0.4 is 0 Å². The smallest absolute Gasteiger partial charge is 0.308 e. The lowest BCUT2D eigenvalue weighted by Crippen LogP contribution is -2.48. The fourth-order valence-corrected chi connectivity index (χ4v) is 2.93. The van der Waals surface area contributed by atoms with Crippen LogP contribution in [0.4, 0.5) is 0 Å². The van der Waals surface area contributed by atoms with Crippen molar-refractivity contribution >= 4 is 5.97 Å². The van der Waals surface area contributed by atoms with Gasteiger partial charge in [0.1, 0.15) is 0 Å². The van der Waals surface area contributed by atoms with E-state index in [1.807, 2.05) is 25.1 Å². The topological polar surface area (TPSA) is 42.4 Å². The number of piperidine rings is 1. The second kappa shape index (κ2) is 6.84. The minimum Gasteiger partial charge on any atom is -0.466 e. The zero-order valence-electron chi connectivity index (χ0n) is 12.5. The van der Waals surface area contributed by atoms with Crippen LogP contribution in [-0.2, 0) is 15.1 Å². The van der Waals surface area contributed by atoms with E-state index in [0.717, 1.165) is 18.8 Å². The quantitative estimate of drug-likeness (QED) is 0.776. The Hall–Kier alpha value is -1.42. The first-order valence-corrected chi connectivity index (χ1v) is 7.49. The fraction of sp³-hybridized carbons (Fsp3) is 0.625. The number of ether oxygens (including phenoxy) is 1. The van der Waals surface area contributed by atoms with Gasteiger partial charge in [-0.25, -0.2) is 0 Å². The first kappa shape index (κ1) is 15.0. The van der Waals surface area contributed by atoms with Crippen LogP contribution in [0.1, 0.15) is 45.2 Å². The molecule has 1 atom stereocenters. The Labute approximate surface area is 121 Å². The van der Waals surface area contributed by atoms with Crippen LogP contribution in [0.25, 0.3) is 0 Å².